The topological polar surface area (TPSA) is 74.3 Å². The molecule has 5 heteroatoms. The molecule has 0 spiro atoms. The van der Waals surface area contributed by atoms with Gasteiger partial charge in [0.2, 0.25) is 0 Å². The van der Waals surface area contributed by atoms with E-state index in [4.69, 9.17) is 4.74 Å². The minimum absolute atomic E-state index is 0.201. The molecule has 0 bridgehead atoms. The number of aromatic nitrogens is 1. The smallest absolute Gasteiger partial charge is 0.352 e. The number of carboxylic acids is 1. The summed E-state index contributed by atoms with van der Waals surface area (Å²) in [4.78, 5) is 15.1. The van der Waals surface area contributed by atoms with Crippen LogP contribution in [0.3, 0.4) is 0 Å². The minimum atomic E-state index is -0.976. The summed E-state index contributed by atoms with van der Waals surface area (Å²) in [5.74, 6) is -0.218. The first-order valence-electron chi connectivity index (χ1n) is 9.42. The van der Waals surface area contributed by atoms with Crippen molar-refractivity contribution in [3.05, 3.63) is 101 Å². The number of aromatic amines is 1. The third-order valence-electron chi connectivity index (χ3n) is 5.05. The number of nitrogens with one attached hydrogen (secondary N) is 2. The highest BCUT2D eigenvalue weighted by Crippen LogP contribution is 2.33. The summed E-state index contributed by atoms with van der Waals surface area (Å²) in [6, 6.07) is 25.1. The van der Waals surface area contributed by atoms with Gasteiger partial charge in [0.05, 0.1) is 13.2 Å². The van der Waals surface area contributed by atoms with Gasteiger partial charge in [0.25, 0.3) is 0 Å². The van der Waals surface area contributed by atoms with Gasteiger partial charge in [-0.2, -0.15) is 0 Å². The second kappa shape index (κ2) is 8.20. The zero-order valence-corrected chi connectivity index (χ0v) is 16.1. The van der Waals surface area contributed by atoms with Gasteiger partial charge >= 0.3 is 5.97 Å². The number of carboxylic acid groups (broad SMARTS) is 1. The Kier molecular flexibility index (Phi) is 5.31. The van der Waals surface area contributed by atoms with Gasteiger partial charge in [0, 0.05) is 23.0 Å². The maximum absolute atomic E-state index is 12.0. The summed E-state index contributed by atoms with van der Waals surface area (Å²) in [6.07, 6.45) is 0. The molecule has 3 aromatic carbocycles. The summed E-state index contributed by atoms with van der Waals surface area (Å²) < 4.78 is 5.28. The van der Waals surface area contributed by atoms with Crippen molar-refractivity contribution in [1.82, 2.24) is 10.3 Å². The van der Waals surface area contributed by atoms with Crippen LogP contribution in [0.5, 0.6) is 5.75 Å². The number of H-pyrrole nitrogens is 1. The van der Waals surface area contributed by atoms with Crippen molar-refractivity contribution in [2.75, 3.05) is 7.11 Å². The number of benzene rings is 3. The van der Waals surface area contributed by atoms with Crippen molar-refractivity contribution in [1.29, 1.82) is 0 Å². The van der Waals surface area contributed by atoms with Gasteiger partial charge in [-0.05, 0) is 29.3 Å². The lowest BCUT2D eigenvalue weighted by molar-refractivity contribution is 0.0689. The highest BCUT2D eigenvalue weighted by molar-refractivity contribution is 5.98. The highest BCUT2D eigenvalue weighted by atomic mass is 16.5. The average Bonchev–Trinajstić information content (AvgIpc) is 3.15. The Hall–Kier alpha value is -3.57. The Morgan fingerprint density at radius 2 is 1.69 bits per heavy atom. The summed E-state index contributed by atoms with van der Waals surface area (Å²) in [7, 11) is 1.63. The van der Waals surface area contributed by atoms with Crippen LogP contribution in [-0.2, 0) is 6.54 Å². The van der Waals surface area contributed by atoms with Gasteiger partial charge in [0.1, 0.15) is 11.4 Å². The molecule has 0 fully saturated rings. The predicted molar refractivity (Wildman–Crippen MR) is 113 cm³/mol. The van der Waals surface area contributed by atoms with Crippen molar-refractivity contribution < 1.29 is 14.6 Å². The van der Waals surface area contributed by atoms with Gasteiger partial charge in [-0.1, -0.05) is 60.7 Å². The number of hydrogen-bond acceptors (Lipinski definition) is 3. The van der Waals surface area contributed by atoms with E-state index in [1.807, 2.05) is 78.9 Å². The number of aromatic carboxylic acids is 1. The van der Waals surface area contributed by atoms with Crippen molar-refractivity contribution in [3.63, 3.8) is 0 Å². The summed E-state index contributed by atoms with van der Waals surface area (Å²) in [5.41, 5.74) is 3.83. The number of carbonyl (C=O) groups is 1. The average molecular weight is 386 g/mol. The first kappa shape index (κ1) is 18.8. The molecule has 0 amide bonds. The molecular formula is C24H22N2O3. The monoisotopic (exact) mass is 386 g/mol. The van der Waals surface area contributed by atoms with Crippen molar-refractivity contribution in [2.45, 2.75) is 12.6 Å². The number of methoxy groups -OCH3 is 1. The van der Waals surface area contributed by atoms with Crippen LogP contribution >= 0.6 is 0 Å². The van der Waals surface area contributed by atoms with Gasteiger partial charge in [-0.25, -0.2) is 4.79 Å². The Bertz CT molecular complexity index is 1120. The molecule has 0 aliphatic rings. The minimum Gasteiger partial charge on any atom is -0.497 e. The van der Waals surface area contributed by atoms with Gasteiger partial charge in [0.15, 0.2) is 0 Å². The molecule has 5 nitrogen and oxygen atoms in total. The van der Waals surface area contributed by atoms with E-state index in [-0.39, 0.29) is 11.7 Å². The molecule has 1 atom stereocenters. The number of ether oxygens (including phenoxy) is 1. The Morgan fingerprint density at radius 3 is 2.38 bits per heavy atom. The first-order valence-corrected chi connectivity index (χ1v) is 9.42. The summed E-state index contributed by atoms with van der Waals surface area (Å²) in [5, 5.41) is 14.3. The van der Waals surface area contributed by atoms with E-state index in [1.54, 1.807) is 7.11 Å². The maximum atomic E-state index is 12.0. The molecule has 4 rings (SSSR count). The van der Waals surface area contributed by atoms with E-state index in [1.165, 1.54) is 0 Å². The largest absolute Gasteiger partial charge is 0.497 e. The molecule has 1 heterocycles. The van der Waals surface area contributed by atoms with Crippen LogP contribution in [0.2, 0.25) is 0 Å². The van der Waals surface area contributed by atoms with Crippen LogP contribution in [0.1, 0.15) is 33.2 Å². The molecule has 4 aromatic rings. The van der Waals surface area contributed by atoms with E-state index in [0.29, 0.717) is 6.54 Å². The Balaban J connectivity index is 1.82. The quantitative estimate of drug-likeness (QED) is 0.428. The number of para-hydroxylation sites is 1. The van der Waals surface area contributed by atoms with Crippen LogP contribution in [0.25, 0.3) is 10.9 Å². The molecule has 29 heavy (non-hydrogen) atoms. The molecule has 0 radical (unpaired) electrons. The van der Waals surface area contributed by atoms with E-state index >= 15 is 0 Å². The predicted octanol–water partition coefficient (Wildman–Crippen LogP) is 4.75. The van der Waals surface area contributed by atoms with Crippen molar-refractivity contribution >= 4 is 16.9 Å². The van der Waals surface area contributed by atoms with Crippen molar-refractivity contribution in [2.24, 2.45) is 0 Å². The third kappa shape index (κ3) is 3.86. The summed E-state index contributed by atoms with van der Waals surface area (Å²) in [6.45, 7) is 0.607. The van der Waals surface area contributed by atoms with Crippen molar-refractivity contribution in [3.8, 4) is 5.75 Å². The van der Waals surface area contributed by atoms with E-state index in [2.05, 4.69) is 10.3 Å². The van der Waals surface area contributed by atoms with Gasteiger partial charge in [-0.15, -0.1) is 0 Å². The molecular weight excluding hydrogens is 364 g/mol. The molecule has 1 unspecified atom stereocenters. The van der Waals surface area contributed by atoms with Crippen LogP contribution in [0.4, 0.5) is 0 Å². The second-order valence-corrected chi connectivity index (χ2v) is 6.84. The fraction of sp³-hybridized carbons (Fsp3) is 0.125. The molecule has 0 saturated carbocycles. The standard InChI is InChI=1S/C24H22N2O3/c1-29-18-13-11-17(12-14-18)22(25-15-16-7-3-2-4-8-16)21-19-9-5-6-10-20(19)26-23(21)24(27)28/h2-14,22,25-26H,15H2,1H3,(H,27,28). The second-order valence-electron chi connectivity index (χ2n) is 6.84. The lowest BCUT2D eigenvalue weighted by Gasteiger charge is -2.21. The normalized spacial score (nSPS) is 12.0. The number of rotatable bonds is 7. The molecule has 0 aliphatic heterocycles. The molecule has 1 aromatic heterocycles. The zero-order chi connectivity index (χ0) is 20.2. The van der Waals surface area contributed by atoms with Gasteiger partial charge in [-0.3, -0.25) is 0 Å². The van der Waals surface area contributed by atoms with E-state index in [0.717, 1.165) is 33.3 Å². The summed E-state index contributed by atoms with van der Waals surface area (Å²) >= 11 is 0. The zero-order valence-electron chi connectivity index (χ0n) is 16.1. The molecule has 0 aliphatic carbocycles. The van der Waals surface area contributed by atoms with Crippen LogP contribution in [0, 0.1) is 0 Å². The number of hydrogen-bond donors (Lipinski definition) is 3. The Morgan fingerprint density at radius 1 is 1.00 bits per heavy atom. The lowest BCUT2D eigenvalue weighted by atomic mass is 9.95. The SMILES string of the molecule is COc1ccc(C(NCc2ccccc2)c2c(C(=O)O)[nH]c3ccccc23)cc1. The first-order chi connectivity index (χ1) is 14.2. The lowest BCUT2D eigenvalue weighted by Crippen LogP contribution is -2.23. The van der Waals surface area contributed by atoms with Crippen LogP contribution in [-0.4, -0.2) is 23.2 Å². The fourth-order valence-corrected chi connectivity index (χ4v) is 3.63. The Labute approximate surface area is 169 Å². The molecule has 146 valence electrons. The molecule has 0 saturated heterocycles. The molecule has 3 N–H and O–H groups in total. The fourth-order valence-electron chi connectivity index (χ4n) is 3.63. The maximum Gasteiger partial charge on any atom is 0.352 e. The van der Waals surface area contributed by atoms with Crippen LogP contribution < -0.4 is 10.1 Å². The van der Waals surface area contributed by atoms with E-state index in [9.17, 15) is 9.90 Å². The highest BCUT2D eigenvalue weighted by Gasteiger charge is 2.25. The van der Waals surface area contributed by atoms with Crippen LogP contribution in [0.15, 0.2) is 78.9 Å². The van der Waals surface area contributed by atoms with Gasteiger partial charge < -0.3 is 20.1 Å². The van der Waals surface area contributed by atoms with E-state index < -0.39 is 5.97 Å². The number of fused-ring (bicyclic) bond motifs is 1. The third-order valence-corrected chi connectivity index (χ3v) is 5.05.